The van der Waals surface area contributed by atoms with Crippen molar-refractivity contribution in [1.82, 2.24) is 24.9 Å². The van der Waals surface area contributed by atoms with Gasteiger partial charge in [-0.25, -0.2) is 13.9 Å². The molecule has 1 aliphatic rings. The Labute approximate surface area is 174 Å². The van der Waals surface area contributed by atoms with Crippen molar-refractivity contribution >= 4 is 11.5 Å². The lowest BCUT2D eigenvalue weighted by Gasteiger charge is -2.39. The standard InChI is InChI=1S/C23H23FN6/c1-23(2)15-29(14-13-26-23)20-8-7-19-27-21(16-3-5-18(24)6-4-16)22(30(19)28-20)17-9-11-25-12-10-17/h3-12,26H,13-15H2,1-2H3. The van der Waals surface area contributed by atoms with Crippen LogP contribution in [0.3, 0.4) is 0 Å². The van der Waals surface area contributed by atoms with Gasteiger partial charge >= 0.3 is 0 Å². The van der Waals surface area contributed by atoms with Crippen molar-refractivity contribution in [3.05, 3.63) is 66.7 Å². The molecule has 1 N–H and O–H groups in total. The smallest absolute Gasteiger partial charge is 0.155 e. The molecule has 0 bridgehead atoms. The van der Waals surface area contributed by atoms with E-state index in [9.17, 15) is 4.39 Å². The minimum Gasteiger partial charge on any atom is -0.352 e. The zero-order valence-corrected chi connectivity index (χ0v) is 17.0. The second-order valence-corrected chi connectivity index (χ2v) is 8.25. The second kappa shape index (κ2) is 7.18. The summed E-state index contributed by atoms with van der Waals surface area (Å²) in [7, 11) is 0. The lowest BCUT2D eigenvalue weighted by Crippen LogP contribution is -2.57. The van der Waals surface area contributed by atoms with Gasteiger partial charge in [-0.15, -0.1) is 5.10 Å². The Morgan fingerprint density at radius 3 is 2.47 bits per heavy atom. The molecule has 1 fully saturated rings. The van der Waals surface area contributed by atoms with Gasteiger partial charge in [0.1, 0.15) is 17.3 Å². The summed E-state index contributed by atoms with van der Waals surface area (Å²) >= 11 is 0. The summed E-state index contributed by atoms with van der Waals surface area (Å²) < 4.78 is 15.4. The fourth-order valence-corrected chi connectivity index (χ4v) is 4.01. The van der Waals surface area contributed by atoms with Crippen LogP contribution in [0.5, 0.6) is 0 Å². The molecule has 1 aliphatic heterocycles. The molecule has 6 nitrogen and oxygen atoms in total. The van der Waals surface area contributed by atoms with Gasteiger partial charge in [-0.05, 0) is 62.4 Å². The highest BCUT2D eigenvalue weighted by atomic mass is 19.1. The van der Waals surface area contributed by atoms with Gasteiger partial charge in [0.05, 0.1) is 5.69 Å². The fourth-order valence-electron chi connectivity index (χ4n) is 4.01. The Kier molecular flexibility index (Phi) is 4.47. The van der Waals surface area contributed by atoms with E-state index in [1.165, 1.54) is 12.1 Å². The summed E-state index contributed by atoms with van der Waals surface area (Å²) in [6.07, 6.45) is 3.51. The van der Waals surface area contributed by atoms with Crippen molar-refractivity contribution in [3.63, 3.8) is 0 Å². The molecule has 0 spiro atoms. The minimum absolute atomic E-state index is 0.0248. The van der Waals surface area contributed by atoms with E-state index in [1.54, 1.807) is 24.5 Å². The molecule has 0 radical (unpaired) electrons. The van der Waals surface area contributed by atoms with Gasteiger partial charge in [0.25, 0.3) is 0 Å². The number of anilines is 1. The Morgan fingerprint density at radius 1 is 0.967 bits per heavy atom. The summed E-state index contributed by atoms with van der Waals surface area (Å²) in [6, 6.07) is 14.3. The molecule has 0 atom stereocenters. The van der Waals surface area contributed by atoms with E-state index < -0.39 is 0 Å². The number of rotatable bonds is 3. The zero-order valence-electron chi connectivity index (χ0n) is 17.0. The van der Waals surface area contributed by atoms with Gasteiger partial charge in [-0.1, -0.05) is 0 Å². The van der Waals surface area contributed by atoms with Crippen molar-refractivity contribution in [3.8, 4) is 22.5 Å². The third-order valence-corrected chi connectivity index (χ3v) is 5.43. The Bertz CT molecular complexity index is 1180. The van der Waals surface area contributed by atoms with Crippen LogP contribution in [0.4, 0.5) is 10.2 Å². The number of halogens is 1. The van der Waals surface area contributed by atoms with Crippen LogP contribution in [0.25, 0.3) is 28.2 Å². The number of imidazole rings is 1. The molecule has 30 heavy (non-hydrogen) atoms. The average molecular weight is 402 g/mol. The summed E-state index contributed by atoms with van der Waals surface area (Å²) in [5, 5.41) is 8.50. The number of benzene rings is 1. The molecule has 0 saturated carbocycles. The van der Waals surface area contributed by atoms with Crippen molar-refractivity contribution in [2.45, 2.75) is 19.4 Å². The van der Waals surface area contributed by atoms with Gasteiger partial charge < -0.3 is 10.2 Å². The fraction of sp³-hybridized carbons (Fsp3) is 0.261. The monoisotopic (exact) mass is 402 g/mol. The van der Waals surface area contributed by atoms with Gasteiger partial charge in [0.2, 0.25) is 0 Å². The van der Waals surface area contributed by atoms with E-state index in [0.29, 0.717) is 0 Å². The predicted molar refractivity (Wildman–Crippen MR) is 116 cm³/mol. The molecule has 7 heteroatoms. The quantitative estimate of drug-likeness (QED) is 0.565. The van der Waals surface area contributed by atoms with Crippen molar-refractivity contribution in [1.29, 1.82) is 0 Å². The third kappa shape index (κ3) is 3.41. The van der Waals surface area contributed by atoms with Crippen LogP contribution in [-0.4, -0.2) is 44.8 Å². The molecule has 1 aromatic carbocycles. The molecule has 3 aromatic heterocycles. The van der Waals surface area contributed by atoms with Crippen LogP contribution in [0, 0.1) is 5.82 Å². The predicted octanol–water partition coefficient (Wildman–Crippen LogP) is 3.79. The number of hydrogen-bond donors (Lipinski definition) is 1. The van der Waals surface area contributed by atoms with Gasteiger partial charge in [-0.3, -0.25) is 4.98 Å². The first-order chi connectivity index (χ1) is 14.5. The number of hydrogen-bond acceptors (Lipinski definition) is 5. The molecule has 0 unspecified atom stereocenters. The van der Waals surface area contributed by atoms with Crippen molar-refractivity contribution < 1.29 is 4.39 Å². The van der Waals surface area contributed by atoms with Gasteiger partial charge in [0, 0.05) is 48.7 Å². The van der Waals surface area contributed by atoms with E-state index in [4.69, 9.17) is 10.1 Å². The van der Waals surface area contributed by atoms with E-state index in [-0.39, 0.29) is 11.4 Å². The number of nitrogens with one attached hydrogen (secondary N) is 1. The van der Waals surface area contributed by atoms with Gasteiger partial charge in [0.15, 0.2) is 5.65 Å². The molecule has 4 heterocycles. The SMILES string of the molecule is CC1(C)CN(c2ccc3nc(-c4ccc(F)cc4)c(-c4ccncc4)n3n2)CCN1. The number of aromatic nitrogens is 4. The zero-order chi connectivity index (χ0) is 20.7. The van der Waals surface area contributed by atoms with E-state index in [0.717, 1.165) is 53.6 Å². The first kappa shape index (κ1) is 18.7. The van der Waals surface area contributed by atoms with Crippen LogP contribution in [-0.2, 0) is 0 Å². The first-order valence-electron chi connectivity index (χ1n) is 10.1. The molecule has 5 rings (SSSR count). The third-order valence-electron chi connectivity index (χ3n) is 5.43. The maximum Gasteiger partial charge on any atom is 0.155 e. The summed E-state index contributed by atoms with van der Waals surface area (Å²) in [4.78, 5) is 11.3. The van der Waals surface area contributed by atoms with Gasteiger partial charge in [-0.2, -0.15) is 0 Å². The Hall–Kier alpha value is -3.32. The average Bonchev–Trinajstić information content (AvgIpc) is 3.13. The number of nitrogens with zero attached hydrogens (tertiary/aromatic N) is 5. The highest BCUT2D eigenvalue weighted by Crippen LogP contribution is 2.33. The molecule has 1 saturated heterocycles. The molecular formula is C23H23FN6. The molecule has 0 amide bonds. The van der Waals surface area contributed by atoms with E-state index >= 15 is 0 Å². The highest BCUT2D eigenvalue weighted by Gasteiger charge is 2.27. The molecule has 4 aromatic rings. The van der Waals surface area contributed by atoms with Crippen LogP contribution in [0.2, 0.25) is 0 Å². The van der Waals surface area contributed by atoms with Crippen LogP contribution < -0.4 is 10.2 Å². The lowest BCUT2D eigenvalue weighted by atomic mass is 10.0. The van der Waals surface area contributed by atoms with E-state index in [1.807, 2.05) is 28.8 Å². The molecular weight excluding hydrogens is 379 g/mol. The van der Waals surface area contributed by atoms with Crippen LogP contribution in [0.1, 0.15) is 13.8 Å². The normalized spacial score (nSPS) is 16.2. The largest absolute Gasteiger partial charge is 0.352 e. The Morgan fingerprint density at radius 2 is 1.73 bits per heavy atom. The molecule has 152 valence electrons. The maximum atomic E-state index is 13.5. The van der Waals surface area contributed by atoms with Crippen molar-refractivity contribution in [2.24, 2.45) is 0 Å². The lowest BCUT2D eigenvalue weighted by molar-refractivity contribution is 0.351. The topological polar surface area (TPSA) is 58.4 Å². The second-order valence-electron chi connectivity index (χ2n) is 8.25. The summed E-state index contributed by atoms with van der Waals surface area (Å²) in [5.74, 6) is 0.644. The van der Waals surface area contributed by atoms with Crippen LogP contribution >= 0.6 is 0 Å². The maximum absolute atomic E-state index is 13.5. The van der Waals surface area contributed by atoms with Crippen molar-refractivity contribution in [2.75, 3.05) is 24.5 Å². The highest BCUT2D eigenvalue weighted by molar-refractivity contribution is 5.81. The molecule has 0 aliphatic carbocycles. The van der Waals surface area contributed by atoms with Crippen LogP contribution in [0.15, 0.2) is 60.9 Å². The number of pyridine rings is 1. The minimum atomic E-state index is -0.269. The first-order valence-corrected chi connectivity index (χ1v) is 10.1. The number of fused-ring (bicyclic) bond motifs is 1. The Balaban J connectivity index is 1.68. The summed E-state index contributed by atoms with van der Waals surface area (Å²) in [6.45, 7) is 7.07. The number of piperazine rings is 1. The van der Waals surface area contributed by atoms with E-state index in [2.05, 4.69) is 29.0 Å². The summed E-state index contributed by atoms with van der Waals surface area (Å²) in [5.41, 5.74) is 4.22.